The van der Waals surface area contributed by atoms with E-state index in [0.29, 0.717) is 0 Å². The van der Waals surface area contributed by atoms with E-state index in [2.05, 4.69) is 32.0 Å². The van der Waals surface area contributed by atoms with Crippen LogP contribution in [0.3, 0.4) is 0 Å². The summed E-state index contributed by atoms with van der Waals surface area (Å²) in [5, 5.41) is 0. The van der Waals surface area contributed by atoms with Gasteiger partial charge in [0.05, 0.1) is 0 Å². The zero-order chi connectivity index (χ0) is 12.4. The van der Waals surface area contributed by atoms with Gasteiger partial charge in [0.15, 0.2) is 5.78 Å². The van der Waals surface area contributed by atoms with Crippen LogP contribution in [0.5, 0.6) is 0 Å². The first kappa shape index (κ1) is 11.6. The maximum absolute atomic E-state index is 11.2. The third-order valence-corrected chi connectivity index (χ3v) is 2.85. The Morgan fingerprint density at radius 2 is 1.35 bits per heavy atom. The second-order valence-electron chi connectivity index (χ2n) is 4.51. The Labute approximate surface area is 102 Å². The Bertz CT molecular complexity index is 530. The molecule has 0 aliphatic heterocycles. The van der Waals surface area contributed by atoms with Crippen molar-refractivity contribution in [1.29, 1.82) is 0 Å². The minimum atomic E-state index is 0.108. The van der Waals surface area contributed by atoms with Gasteiger partial charge in [-0.1, -0.05) is 53.6 Å². The molecule has 2 rings (SSSR count). The molecule has 0 N–H and O–H groups in total. The zero-order valence-corrected chi connectivity index (χ0v) is 10.4. The van der Waals surface area contributed by atoms with Gasteiger partial charge in [0.1, 0.15) is 0 Å². The normalized spacial score (nSPS) is 10.3. The average Bonchev–Trinajstić information content (AvgIpc) is 2.28. The Morgan fingerprint density at radius 3 is 1.82 bits per heavy atom. The zero-order valence-electron chi connectivity index (χ0n) is 10.4. The van der Waals surface area contributed by atoms with Gasteiger partial charge in [-0.3, -0.25) is 4.79 Å². The molecule has 0 fully saturated rings. The van der Waals surface area contributed by atoms with Crippen LogP contribution in [-0.2, 0) is 0 Å². The summed E-state index contributed by atoms with van der Waals surface area (Å²) in [6.45, 7) is 5.78. The molecule has 0 saturated carbocycles. The van der Waals surface area contributed by atoms with Gasteiger partial charge in [0.2, 0.25) is 0 Å². The number of benzene rings is 2. The number of ketones is 1. The molecule has 1 heteroatoms. The highest BCUT2D eigenvalue weighted by Gasteiger charge is 2.02. The number of hydrogen-bond acceptors (Lipinski definition) is 1. The lowest BCUT2D eigenvalue weighted by Crippen LogP contribution is -1.91. The van der Waals surface area contributed by atoms with E-state index >= 15 is 0 Å². The van der Waals surface area contributed by atoms with Gasteiger partial charge in [-0.05, 0) is 31.9 Å². The van der Waals surface area contributed by atoms with E-state index < -0.39 is 0 Å². The largest absolute Gasteiger partial charge is 0.295 e. The Balaban J connectivity index is 2.43. The molecule has 0 saturated heterocycles. The fourth-order valence-electron chi connectivity index (χ4n) is 2.04. The first-order chi connectivity index (χ1) is 8.06. The van der Waals surface area contributed by atoms with Crippen molar-refractivity contribution in [2.24, 2.45) is 0 Å². The van der Waals surface area contributed by atoms with E-state index in [1.165, 1.54) is 16.7 Å². The predicted molar refractivity (Wildman–Crippen MR) is 71.4 cm³/mol. The molecule has 2 aromatic carbocycles. The molecular weight excluding hydrogens is 208 g/mol. The monoisotopic (exact) mass is 224 g/mol. The topological polar surface area (TPSA) is 17.1 Å². The highest BCUT2D eigenvalue weighted by atomic mass is 16.1. The van der Waals surface area contributed by atoms with Crippen molar-refractivity contribution in [1.82, 2.24) is 0 Å². The van der Waals surface area contributed by atoms with Crippen molar-refractivity contribution >= 4 is 5.78 Å². The molecular formula is C16H16O. The van der Waals surface area contributed by atoms with Crippen LogP contribution in [0, 0.1) is 13.8 Å². The van der Waals surface area contributed by atoms with Crippen molar-refractivity contribution < 1.29 is 4.79 Å². The minimum Gasteiger partial charge on any atom is -0.295 e. The molecule has 0 unspecified atom stereocenters. The second-order valence-corrected chi connectivity index (χ2v) is 4.51. The third-order valence-electron chi connectivity index (χ3n) is 2.85. The van der Waals surface area contributed by atoms with E-state index in [-0.39, 0.29) is 5.78 Å². The van der Waals surface area contributed by atoms with E-state index in [1.807, 2.05) is 24.3 Å². The van der Waals surface area contributed by atoms with E-state index in [0.717, 1.165) is 11.1 Å². The fourth-order valence-corrected chi connectivity index (χ4v) is 2.04. The summed E-state index contributed by atoms with van der Waals surface area (Å²) >= 11 is 0. The van der Waals surface area contributed by atoms with Crippen molar-refractivity contribution in [2.45, 2.75) is 20.8 Å². The standard InChI is InChI=1S/C16H16O/c1-11-8-12(2)10-16(9-11)15-6-4-14(5-7-15)13(3)17/h4-10H,1-3H3. The molecule has 0 aliphatic carbocycles. The molecule has 17 heavy (non-hydrogen) atoms. The summed E-state index contributed by atoms with van der Waals surface area (Å²) in [5.74, 6) is 0.108. The van der Waals surface area contributed by atoms with Crippen LogP contribution >= 0.6 is 0 Å². The fraction of sp³-hybridized carbons (Fsp3) is 0.188. The molecule has 0 amide bonds. The van der Waals surface area contributed by atoms with Crippen LogP contribution in [0.25, 0.3) is 11.1 Å². The first-order valence-corrected chi connectivity index (χ1v) is 5.76. The molecule has 0 heterocycles. The number of Topliss-reactive ketones (excluding diaryl/α,β-unsaturated/α-hetero) is 1. The Hall–Kier alpha value is -1.89. The number of rotatable bonds is 2. The SMILES string of the molecule is CC(=O)c1ccc(-c2cc(C)cc(C)c2)cc1. The summed E-state index contributed by atoms with van der Waals surface area (Å²) in [7, 11) is 0. The molecule has 86 valence electrons. The predicted octanol–water partition coefficient (Wildman–Crippen LogP) is 4.17. The quantitative estimate of drug-likeness (QED) is 0.699. The van der Waals surface area contributed by atoms with E-state index in [9.17, 15) is 4.79 Å². The molecule has 0 aromatic heterocycles. The van der Waals surface area contributed by atoms with Crippen LogP contribution < -0.4 is 0 Å². The average molecular weight is 224 g/mol. The maximum Gasteiger partial charge on any atom is 0.159 e. The Morgan fingerprint density at radius 1 is 0.824 bits per heavy atom. The number of aryl methyl sites for hydroxylation is 2. The molecule has 0 atom stereocenters. The lowest BCUT2D eigenvalue weighted by Gasteiger charge is -2.06. The van der Waals surface area contributed by atoms with Crippen LogP contribution in [0.2, 0.25) is 0 Å². The highest BCUT2D eigenvalue weighted by Crippen LogP contribution is 2.22. The Kier molecular flexibility index (Phi) is 3.10. The lowest BCUT2D eigenvalue weighted by molar-refractivity contribution is 0.101. The van der Waals surface area contributed by atoms with Gasteiger partial charge < -0.3 is 0 Å². The highest BCUT2D eigenvalue weighted by molar-refractivity contribution is 5.94. The minimum absolute atomic E-state index is 0.108. The van der Waals surface area contributed by atoms with Gasteiger partial charge >= 0.3 is 0 Å². The molecule has 0 radical (unpaired) electrons. The lowest BCUT2D eigenvalue weighted by atomic mass is 9.99. The maximum atomic E-state index is 11.2. The second kappa shape index (κ2) is 4.54. The van der Waals surface area contributed by atoms with Gasteiger partial charge in [0, 0.05) is 5.56 Å². The van der Waals surface area contributed by atoms with Crippen molar-refractivity contribution in [2.75, 3.05) is 0 Å². The first-order valence-electron chi connectivity index (χ1n) is 5.76. The summed E-state index contributed by atoms with van der Waals surface area (Å²) in [5.41, 5.74) is 5.64. The molecule has 1 nitrogen and oxygen atoms in total. The summed E-state index contributed by atoms with van der Waals surface area (Å²) < 4.78 is 0. The number of carbonyl (C=O) groups is 1. The van der Waals surface area contributed by atoms with E-state index in [1.54, 1.807) is 6.92 Å². The molecule has 2 aromatic rings. The van der Waals surface area contributed by atoms with Crippen molar-refractivity contribution in [3.8, 4) is 11.1 Å². The van der Waals surface area contributed by atoms with Gasteiger partial charge in [-0.25, -0.2) is 0 Å². The molecule has 0 bridgehead atoms. The van der Waals surface area contributed by atoms with Crippen molar-refractivity contribution in [3.63, 3.8) is 0 Å². The van der Waals surface area contributed by atoms with E-state index in [4.69, 9.17) is 0 Å². The van der Waals surface area contributed by atoms with Crippen LogP contribution in [0.4, 0.5) is 0 Å². The molecule has 0 aliphatic rings. The third kappa shape index (κ3) is 2.62. The number of carbonyl (C=O) groups excluding carboxylic acids is 1. The summed E-state index contributed by atoms with van der Waals surface area (Å²) in [6.07, 6.45) is 0. The van der Waals surface area contributed by atoms with Gasteiger partial charge in [-0.15, -0.1) is 0 Å². The van der Waals surface area contributed by atoms with Gasteiger partial charge in [0.25, 0.3) is 0 Å². The van der Waals surface area contributed by atoms with Crippen molar-refractivity contribution in [3.05, 3.63) is 59.2 Å². The number of hydrogen-bond donors (Lipinski definition) is 0. The smallest absolute Gasteiger partial charge is 0.159 e. The van der Waals surface area contributed by atoms with Crippen LogP contribution in [0.15, 0.2) is 42.5 Å². The van der Waals surface area contributed by atoms with Crippen LogP contribution in [0.1, 0.15) is 28.4 Å². The van der Waals surface area contributed by atoms with Crippen LogP contribution in [-0.4, -0.2) is 5.78 Å². The summed E-state index contributed by atoms with van der Waals surface area (Å²) in [6, 6.07) is 14.3. The summed E-state index contributed by atoms with van der Waals surface area (Å²) in [4.78, 5) is 11.2. The molecule has 0 spiro atoms. The van der Waals surface area contributed by atoms with Gasteiger partial charge in [-0.2, -0.15) is 0 Å².